The second-order valence-electron chi connectivity index (χ2n) is 4.85. The lowest BCUT2D eigenvalue weighted by Gasteiger charge is -2.31. The average Bonchev–Trinajstić information content (AvgIpc) is 2.34. The van der Waals surface area contributed by atoms with Crippen molar-refractivity contribution in [3.05, 3.63) is 0 Å². The Morgan fingerprint density at radius 1 is 1.33 bits per heavy atom. The van der Waals surface area contributed by atoms with Crippen molar-refractivity contribution in [2.45, 2.75) is 52.9 Å². The Bertz CT molecular complexity index is 184. The minimum absolute atomic E-state index is 0.0764. The van der Waals surface area contributed by atoms with Crippen molar-refractivity contribution in [3.63, 3.8) is 0 Å². The highest BCUT2D eigenvalue weighted by atomic mass is 19.3. The zero-order chi connectivity index (χ0) is 9.62. The van der Waals surface area contributed by atoms with Crippen LogP contribution in [-0.2, 0) is 0 Å². The molecule has 72 valence electrons. The minimum Gasteiger partial charge on any atom is -0.206 e. The lowest BCUT2D eigenvalue weighted by molar-refractivity contribution is 0.0134. The van der Waals surface area contributed by atoms with Gasteiger partial charge in [0.1, 0.15) is 0 Å². The van der Waals surface area contributed by atoms with Gasteiger partial charge in [-0.05, 0) is 11.8 Å². The van der Waals surface area contributed by atoms with Crippen LogP contribution in [0, 0.1) is 10.8 Å². The molecule has 12 heavy (non-hydrogen) atoms. The van der Waals surface area contributed by atoms with Gasteiger partial charge in [-0.25, -0.2) is 8.78 Å². The van der Waals surface area contributed by atoms with Gasteiger partial charge in [0.2, 0.25) is 0 Å². The maximum absolute atomic E-state index is 13.0. The first-order valence-electron chi connectivity index (χ1n) is 4.65. The van der Waals surface area contributed by atoms with E-state index in [1.165, 1.54) is 0 Å². The number of halogens is 2. The second-order valence-corrected chi connectivity index (χ2v) is 4.85. The van der Waals surface area contributed by atoms with Gasteiger partial charge in [-0.15, -0.1) is 0 Å². The van der Waals surface area contributed by atoms with E-state index in [4.69, 9.17) is 0 Å². The molecule has 1 fully saturated rings. The molecule has 2 heteroatoms. The monoisotopic (exact) mass is 176 g/mol. The van der Waals surface area contributed by atoms with Gasteiger partial charge in [-0.2, -0.15) is 0 Å². The van der Waals surface area contributed by atoms with Gasteiger partial charge in [0.05, 0.1) is 0 Å². The summed E-state index contributed by atoms with van der Waals surface area (Å²) in [6.07, 6.45) is 1.95. The summed E-state index contributed by atoms with van der Waals surface area (Å²) in [5, 5.41) is 0. The Labute approximate surface area is 73.3 Å². The highest BCUT2D eigenvalue weighted by Gasteiger charge is 2.73. The van der Waals surface area contributed by atoms with Crippen molar-refractivity contribution >= 4 is 0 Å². The van der Waals surface area contributed by atoms with Crippen molar-refractivity contribution in [2.75, 3.05) is 0 Å². The topological polar surface area (TPSA) is 0 Å². The van der Waals surface area contributed by atoms with Gasteiger partial charge in [0.25, 0.3) is 5.92 Å². The average molecular weight is 176 g/mol. The standard InChI is InChI=1S/C10H18F2/c1-5-6-8(2,3)9(4)7-10(9,11)12/h5-7H2,1-4H3. The Morgan fingerprint density at radius 3 is 2.00 bits per heavy atom. The molecule has 0 heterocycles. The zero-order valence-electron chi connectivity index (χ0n) is 8.38. The fraction of sp³-hybridized carbons (Fsp3) is 1.00. The van der Waals surface area contributed by atoms with E-state index in [-0.39, 0.29) is 11.8 Å². The first-order valence-corrected chi connectivity index (χ1v) is 4.65. The van der Waals surface area contributed by atoms with Gasteiger partial charge in [-0.3, -0.25) is 0 Å². The third-order valence-electron chi connectivity index (χ3n) is 3.63. The van der Waals surface area contributed by atoms with Crippen LogP contribution in [0.2, 0.25) is 0 Å². The van der Waals surface area contributed by atoms with E-state index in [0.717, 1.165) is 12.8 Å². The Kier molecular flexibility index (Phi) is 2.01. The summed E-state index contributed by atoms with van der Waals surface area (Å²) in [4.78, 5) is 0. The Hall–Kier alpha value is -0.140. The van der Waals surface area contributed by atoms with E-state index in [2.05, 4.69) is 0 Å². The molecule has 0 saturated heterocycles. The summed E-state index contributed by atoms with van der Waals surface area (Å²) >= 11 is 0. The smallest absolute Gasteiger partial charge is 0.206 e. The number of hydrogen-bond donors (Lipinski definition) is 0. The first-order chi connectivity index (χ1) is 5.27. The molecular formula is C10H18F2. The highest BCUT2D eigenvalue weighted by Crippen LogP contribution is 2.69. The van der Waals surface area contributed by atoms with Gasteiger partial charge in [-0.1, -0.05) is 34.1 Å². The number of alkyl halides is 2. The molecule has 1 unspecified atom stereocenters. The molecule has 0 aromatic rings. The van der Waals surface area contributed by atoms with E-state index in [0.29, 0.717) is 0 Å². The van der Waals surface area contributed by atoms with Gasteiger partial charge < -0.3 is 0 Å². The molecule has 0 aliphatic heterocycles. The number of rotatable bonds is 3. The first kappa shape index (κ1) is 9.94. The van der Waals surface area contributed by atoms with E-state index < -0.39 is 11.3 Å². The van der Waals surface area contributed by atoms with Crippen molar-refractivity contribution in [2.24, 2.45) is 10.8 Å². The van der Waals surface area contributed by atoms with Crippen LogP contribution in [-0.4, -0.2) is 5.92 Å². The quantitative estimate of drug-likeness (QED) is 0.612. The lowest BCUT2D eigenvalue weighted by Crippen LogP contribution is -2.28. The van der Waals surface area contributed by atoms with Crippen LogP contribution in [0.15, 0.2) is 0 Å². The second kappa shape index (κ2) is 2.43. The molecular weight excluding hydrogens is 158 g/mol. The molecule has 0 aromatic heterocycles. The fourth-order valence-electron chi connectivity index (χ4n) is 2.04. The van der Waals surface area contributed by atoms with Crippen LogP contribution in [0.3, 0.4) is 0 Å². The molecule has 0 nitrogen and oxygen atoms in total. The molecule has 0 radical (unpaired) electrons. The van der Waals surface area contributed by atoms with Crippen molar-refractivity contribution < 1.29 is 8.78 Å². The molecule has 1 saturated carbocycles. The van der Waals surface area contributed by atoms with Crippen LogP contribution in [0.4, 0.5) is 8.78 Å². The third-order valence-corrected chi connectivity index (χ3v) is 3.63. The maximum Gasteiger partial charge on any atom is 0.254 e. The predicted molar refractivity (Wildman–Crippen MR) is 46.4 cm³/mol. The molecule has 1 rings (SSSR count). The van der Waals surface area contributed by atoms with Crippen LogP contribution in [0.1, 0.15) is 47.0 Å². The summed E-state index contributed by atoms with van der Waals surface area (Å²) < 4.78 is 26.0. The summed E-state index contributed by atoms with van der Waals surface area (Å²) in [6.45, 7) is 7.67. The Morgan fingerprint density at radius 2 is 1.75 bits per heavy atom. The van der Waals surface area contributed by atoms with Crippen LogP contribution in [0.25, 0.3) is 0 Å². The van der Waals surface area contributed by atoms with Crippen molar-refractivity contribution in [3.8, 4) is 0 Å². The largest absolute Gasteiger partial charge is 0.254 e. The molecule has 0 N–H and O–H groups in total. The fourth-order valence-corrected chi connectivity index (χ4v) is 2.04. The normalized spacial score (nSPS) is 33.5. The van der Waals surface area contributed by atoms with Crippen molar-refractivity contribution in [1.29, 1.82) is 0 Å². The molecule has 1 aliphatic rings. The summed E-state index contributed by atoms with van der Waals surface area (Å²) in [6, 6.07) is 0. The van der Waals surface area contributed by atoms with E-state index in [9.17, 15) is 8.78 Å². The van der Waals surface area contributed by atoms with Crippen LogP contribution < -0.4 is 0 Å². The van der Waals surface area contributed by atoms with Gasteiger partial charge in [0.15, 0.2) is 0 Å². The van der Waals surface area contributed by atoms with E-state index in [1.807, 2.05) is 20.8 Å². The summed E-state index contributed by atoms with van der Waals surface area (Å²) in [7, 11) is 0. The number of hydrogen-bond acceptors (Lipinski definition) is 0. The lowest BCUT2D eigenvalue weighted by atomic mass is 9.73. The molecule has 1 atom stereocenters. The highest BCUT2D eigenvalue weighted by molar-refractivity contribution is 5.13. The van der Waals surface area contributed by atoms with Gasteiger partial charge >= 0.3 is 0 Å². The SMILES string of the molecule is CCCC(C)(C)C1(C)CC1(F)F. The minimum atomic E-state index is -2.41. The molecule has 0 amide bonds. The predicted octanol–water partition coefficient (Wildman–Crippen LogP) is 3.86. The van der Waals surface area contributed by atoms with E-state index in [1.54, 1.807) is 6.92 Å². The third kappa shape index (κ3) is 1.16. The molecule has 0 bridgehead atoms. The molecule has 0 spiro atoms. The Balaban J connectivity index is 2.71. The van der Waals surface area contributed by atoms with Crippen LogP contribution >= 0.6 is 0 Å². The summed E-state index contributed by atoms with van der Waals surface area (Å²) in [5.41, 5.74) is -0.957. The molecule has 1 aliphatic carbocycles. The zero-order valence-corrected chi connectivity index (χ0v) is 8.38. The van der Waals surface area contributed by atoms with E-state index >= 15 is 0 Å². The maximum atomic E-state index is 13.0. The summed E-state index contributed by atoms with van der Waals surface area (Å²) in [5.74, 6) is -2.41. The van der Waals surface area contributed by atoms with Crippen LogP contribution in [0.5, 0.6) is 0 Å². The van der Waals surface area contributed by atoms with Gasteiger partial charge in [0, 0.05) is 11.8 Å². The molecule has 0 aromatic carbocycles. The van der Waals surface area contributed by atoms with Crippen molar-refractivity contribution in [1.82, 2.24) is 0 Å².